The summed E-state index contributed by atoms with van der Waals surface area (Å²) in [6, 6.07) is 5.40. The van der Waals surface area contributed by atoms with Gasteiger partial charge in [-0.25, -0.2) is 0 Å². The van der Waals surface area contributed by atoms with Crippen LogP contribution in [0.3, 0.4) is 0 Å². The van der Waals surface area contributed by atoms with Crippen molar-refractivity contribution in [3.8, 4) is 0 Å². The van der Waals surface area contributed by atoms with Crippen LogP contribution >= 0.6 is 11.6 Å². The summed E-state index contributed by atoms with van der Waals surface area (Å²) in [5, 5.41) is 6.81. The second-order valence-corrected chi connectivity index (χ2v) is 7.89. The highest BCUT2D eigenvalue weighted by Gasteiger charge is 2.52. The van der Waals surface area contributed by atoms with E-state index in [4.69, 9.17) is 20.9 Å². The monoisotopic (exact) mass is 350 g/mol. The highest BCUT2D eigenvalue weighted by Crippen LogP contribution is 2.37. The molecule has 0 spiro atoms. The van der Waals surface area contributed by atoms with Crippen molar-refractivity contribution in [1.82, 2.24) is 10.6 Å². The van der Waals surface area contributed by atoms with Gasteiger partial charge >= 0.3 is 7.12 Å². The van der Waals surface area contributed by atoms with Gasteiger partial charge in [-0.2, -0.15) is 0 Å². The molecule has 2 heterocycles. The highest BCUT2D eigenvalue weighted by atomic mass is 35.5. The Morgan fingerprint density at radius 1 is 1.29 bits per heavy atom. The van der Waals surface area contributed by atoms with Gasteiger partial charge in [0.2, 0.25) is 0 Å². The summed E-state index contributed by atoms with van der Waals surface area (Å²) in [6.45, 7) is 9.71. The first-order chi connectivity index (χ1) is 11.2. The second kappa shape index (κ2) is 6.34. The van der Waals surface area contributed by atoms with E-state index < -0.39 is 18.3 Å². The second-order valence-electron chi connectivity index (χ2n) is 7.49. The van der Waals surface area contributed by atoms with Crippen molar-refractivity contribution in [3.63, 3.8) is 0 Å². The van der Waals surface area contributed by atoms with E-state index in [0.717, 1.165) is 19.5 Å². The molecular formula is C17H24BClN2O3. The van der Waals surface area contributed by atoms with Crippen molar-refractivity contribution in [1.29, 1.82) is 0 Å². The van der Waals surface area contributed by atoms with Crippen LogP contribution in [-0.4, -0.2) is 43.4 Å². The van der Waals surface area contributed by atoms with Gasteiger partial charge in [-0.1, -0.05) is 11.6 Å². The summed E-state index contributed by atoms with van der Waals surface area (Å²) >= 11 is 6.34. The zero-order valence-corrected chi connectivity index (χ0v) is 15.4. The lowest BCUT2D eigenvalue weighted by Crippen LogP contribution is -2.41. The van der Waals surface area contributed by atoms with E-state index in [0.29, 0.717) is 16.0 Å². The zero-order valence-electron chi connectivity index (χ0n) is 14.6. The molecule has 0 aromatic heterocycles. The van der Waals surface area contributed by atoms with Crippen LogP contribution in [-0.2, 0) is 9.31 Å². The number of nitrogens with one attached hydrogen (secondary N) is 2. The molecule has 1 aromatic carbocycles. The third-order valence-electron chi connectivity index (χ3n) is 5.16. The van der Waals surface area contributed by atoms with Gasteiger partial charge in [-0.05, 0) is 58.9 Å². The molecule has 1 unspecified atom stereocenters. The Labute approximate surface area is 148 Å². The summed E-state index contributed by atoms with van der Waals surface area (Å²) < 4.78 is 12.1. The van der Waals surface area contributed by atoms with E-state index in [2.05, 4.69) is 10.6 Å². The lowest BCUT2D eigenvalue weighted by atomic mass is 9.78. The van der Waals surface area contributed by atoms with E-state index in [9.17, 15) is 4.79 Å². The van der Waals surface area contributed by atoms with Crippen molar-refractivity contribution >= 4 is 30.1 Å². The van der Waals surface area contributed by atoms with Gasteiger partial charge in [0.1, 0.15) is 0 Å². The Kier molecular flexibility index (Phi) is 4.68. The summed E-state index contributed by atoms with van der Waals surface area (Å²) in [7, 11) is -0.580. The minimum Gasteiger partial charge on any atom is -0.399 e. The van der Waals surface area contributed by atoms with Crippen LogP contribution in [0, 0.1) is 0 Å². The first-order valence-corrected chi connectivity index (χ1v) is 8.74. The number of amides is 1. The van der Waals surface area contributed by atoms with Gasteiger partial charge in [-0.15, -0.1) is 0 Å². The van der Waals surface area contributed by atoms with Crippen LogP contribution in [0.25, 0.3) is 0 Å². The lowest BCUT2D eigenvalue weighted by Gasteiger charge is -2.32. The molecule has 0 aliphatic carbocycles. The Morgan fingerprint density at radius 3 is 2.54 bits per heavy atom. The molecule has 0 radical (unpaired) electrons. The topological polar surface area (TPSA) is 59.6 Å². The van der Waals surface area contributed by atoms with Gasteiger partial charge in [-0.3, -0.25) is 4.79 Å². The maximum atomic E-state index is 12.5. The quantitative estimate of drug-likeness (QED) is 0.815. The van der Waals surface area contributed by atoms with Crippen molar-refractivity contribution in [2.24, 2.45) is 0 Å². The summed E-state index contributed by atoms with van der Waals surface area (Å²) in [5.41, 5.74) is 0.354. The van der Waals surface area contributed by atoms with Gasteiger partial charge in [0.05, 0.1) is 11.2 Å². The molecule has 2 N–H and O–H groups in total. The predicted molar refractivity (Wildman–Crippen MR) is 95.9 cm³/mol. The molecule has 7 heteroatoms. The molecule has 2 aliphatic rings. The lowest BCUT2D eigenvalue weighted by molar-refractivity contribution is 0.00578. The maximum absolute atomic E-state index is 12.5. The molecule has 2 saturated heterocycles. The third-order valence-corrected chi connectivity index (χ3v) is 5.51. The smallest absolute Gasteiger partial charge is 0.399 e. The van der Waals surface area contributed by atoms with Crippen LogP contribution in [0.1, 0.15) is 44.5 Å². The molecule has 1 atom stereocenters. The average molecular weight is 351 g/mol. The largest absolute Gasteiger partial charge is 0.496 e. The fourth-order valence-corrected chi connectivity index (χ4v) is 3.09. The normalized spacial score (nSPS) is 25.0. The molecular weight excluding hydrogens is 326 g/mol. The maximum Gasteiger partial charge on any atom is 0.496 e. The number of halogens is 1. The Balaban J connectivity index is 1.81. The minimum absolute atomic E-state index is 0.0989. The molecule has 2 aliphatic heterocycles. The first-order valence-electron chi connectivity index (χ1n) is 8.36. The predicted octanol–water partition coefficient (Wildman–Crippen LogP) is 1.73. The molecule has 2 fully saturated rings. The van der Waals surface area contributed by atoms with Crippen LogP contribution < -0.4 is 16.1 Å². The summed E-state index contributed by atoms with van der Waals surface area (Å²) in [6.07, 6.45) is 0.948. The van der Waals surface area contributed by atoms with Gasteiger partial charge in [0.15, 0.2) is 0 Å². The zero-order chi connectivity index (χ0) is 17.5. The molecule has 3 rings (SSSR count). The van der Waals surface area contributed by atoms with Crippen LogP contribution in [0.4, 0.5) is 0 Å². The number of rotatable bonds is 3. The number of carbonyl (C=O) groups excluding carboxylic acids is 1. The number of hydrogen-bond acceptors (Lipinski definition) is 4. The van der Waals surface area contributed by atoms with E-state index >= 15 is 0 Å². The van der Waals surface area contributed by atoms with Crippen LogP contribution in [0.15, 0.2) is 18.2 Å². The van der Waals surface area contributed by atoms with Gasteiger partial charge in [0, 0.05) is 28.6 Å². The standard InChI is InChI=1S/C17H24BClN2O3/c1-16(2)17(3,4)24-18(23-16)13-9-11(5-6-14(13)19)15(22)21-12-7-8-20-10-12/h5-6,9,12,20H,7-8,10H2,1-4H3,(H,21,22). The summed E-state index contributed by atoms with van der Waals surface area (Å²) in [4.78, 5) is 12.5. The molecule has 1 aromatic rings. The molecule has 24 heavy (non-hydrogen) atoms. The molecule has 1 amide bonds. The van der Waals surface area contributed by atoms with Gasteiger partial charge in [0.25, 0.3) is 5.91 Å². The molecule has 0 bridgehead atoms. The Bertz CT molecular complexity index is 629. The van der Waals surface area contributed by atoms with Crippen molar-refractivity contribution in [3.05, 3.63) is 28.8 Å². The van der Waals surface area contributed by atoms with E-state index in [1.165, 1.54) is 0 Å². The highest BCUT2D eigenvalue weighted by molar-refractivity contribution is 6.65. The molecule has 0 saturated carbocycles. The molecule has 5 nitrogen and oxygen atoms in total. The third kappa shape index (κ3) is 3.33. The Morgan fingerprint density at radius 2 is 1.96 bits per heavy atom. The summed E-state index contributed by atoms with van der Waals surface area (Å²) in [5.74, 6) is -0.0989. The van der Waals surface area contributed by atoms with Gasteiger partial charge < -0.3 is 19.9 Å². The molecule has 130 valence electrons. The van der Waals surface area contributed by atoms with E-state index in [1.54, 1.807) is 18.2 Å². The van der Waals surface area contributed by atoms with E-state index in [1.807, 2.05) is 27.7 Å². The van der Waals surface area contributed by atoms with Crippen molar-refractivity contribution < 1.29 is 14.1 Å². The average Bonchev–Trinajstić information content (AvgIpc) is 3.05. The van der Waals surface area contributed by atoms with Crippen molar-refractivity contribution in [2.45, 2.75) is 51.4 Å². The SMILES string of the molecule is CC1(C)OB(c2cc(C(=O)NC3CCNC3)ccc2Cl)OC1(C)C. The minimum atomic E-state index is -0.580. The fraction of sp³-hybridized carbons (Fsp3) is 0.588. The Hall–Kier alpha value is -1.08. The van der Waals surface area contributed by atoms with Crippen LogP contribution in [0.5, 0.6) is 0 Å². The number of benzene rings is 1. The first kappa shape index (κ1) is 17.7. The number of hydrogen-bond donors (Lipinski definition) is 2. The number of carbonyl (C=O) groups is 1. The van der Waals surface area contributed by atoms with Crippen molar-refractivity contribution in [2.75, 3.05) is 13.1 Å². The fourth-order valence-electron chi connectivity index (χ4n) is 2.88. The van der Waals surface area contributed by atoms with E-state index in [-0.39, 0.29) is 11.9 Å². The van der Waals surface area contributed by atoms with Crippen LogP contribution in [0.2, 0.25) is 5.02 Å².